The van der Waals surface area contributed by atoms with Crippen molar-refractivity contribution in [2.75, 3.05) is 12.1 Å². The number of hydrogen-bond acceptors (Lipinski definition) is 6. The van der Waals surface area contributed by atoms with Gasteiger partial charge in [0.15, 0.2) is 11.5 Å². The lowest BCUT2D eigenvalue weighted by atomic mass is 10.1. The summed E-state index contributed by atoms with van der Waals surface area (Å²) >= 11 is 0. The van der Waals surface area contributed by atoms with E-state index in [4.69, 9.17) is 9.47 Å². The number of aryl methyl sites for hydroxylation is 1. The molecule has 4 rings (SSSR count). The molecular weight excluding hydrogens is 356 g/mol. The molecule has 0 bridgehead atoms. The first-order valence-electron chi connectivity index (χ1n) is 9.06. The Morgan fingerprint density at radius 1 is 1.00 bits per heavy atom. The number of fused-ring (bicyclic) bond motifs is 1. The first kappa shape index (κ1) is 17.8. The van der Waals surface area contributed by atoms with Gasteiger partial charge in [0.05, 0.1) is 12.4 Å². The number of benzene rings is 2. The number of nitrogens with one attached hydrogen (secondary N) is 2. The lowest BCUT2D eigenvalue weighted by Crippen LogP contribution is -2.24. The second-order valence-electron chi connectivity index (χ2n) is 6.33. The maximum absolute atomic E-state index is 12.3. The molecule has 7 nitrogen and oxygen atoms in total. The summed E-state index contributed by atoms with van der Waals surface area (Å²) in [6.45, 7) is 2.70. The van der Waals surface area contributed by atoms with E-state index < -0.39 is 0 Å². The summed E-state index contributed by atoms with van der Waals surface area (Å²) in [5, 5.41) is 6.00. The van der Waals surface area contributed by atoms with Crippen molar-refractivity contribution in [3.63, 3.8) is 0 Å². The zero-order valence-electron chi connectivity index (χ0n) is 15.4. The molecule has 0 unspecified atom stereocenters. The summed E-state index contributed by atoms with van der Waals surface area (Å²) < 4.78 is 10.6. The Morgan fingerprint density at radius 2 is 1.79 bits per heavy atom. The summed E-state index contributed by atoms with van der Waals surface area (Å²) in [7, 11) is 0. The molecule has 0 spiro atoms. The average molecular weight is 376 g/mol. The molecule has 1 aliphatic rings. The van der Waals surface area contributed by atoms with Gasteiger partial charge in [-0.2, -0.15) is 0 Å². The van der Waals surface area contributed by atoms with Crippen LogP contribution >= 0.6 is 0 Å². The first-order valence-corrected chi connectivity index (χ1v) is 9.06. The maximum Gasteiger partial charge on any atom is 0.271 e. The van der Waals surface area contributed by atoms with Gasteiger partial charge in [0.1, 0.15) is 11.5 Å². The van der Waals surface area contributed by atoms with Crippen molar-refractivity contribution in [1.82, 2.24) is 15.3 Å². The predicted octanol–water partition coefficient (Wildman–Crippen LogP) is 3.44. The number of anilines is 2. The molecule has 1 aliphatic heterocycles. The number of nitrogens with zero attached hydrogens (tertiary/aromatic N) is 2. The molecule has 1 aromatic heterocycles. The van der Waals surface area contributed by atoms with Crippen molar-refractivity contribution in [2.45, 2.75) is 19.9 Å². The minimum absolute atomic E-state index is 0.226. The third-order valence-electron chi connectivity index (χ3n) is 4.41. The number of ether oxygens (including phenoxy) is 2. The van der Waals surface area contributed by atoms with Gasteiger partial charge in [0, 0.05) is 12.2 Å². The van der Waals surface area contributed by atoms with Crippen LogP contribution in [-0.4, -0.2) is 22.7 Å². The van der Waals surface area contributed by atoms with E-state index in [1.807, 2.05) is 30.3 Å². The van der Waals surface area contributed by atoms with Crippen LogP contribution in [0.5, 0.6) is 11.5 Å². The predicted molar refractivity (Wildman–Crippen MR) is 105 cm³/mol. The van der Waals surface area contributed by atoms with Crippen LogP contribution in [0.15, 0.2) is 54.9 Å². The molecule has 0 saturated carbocycles. The van der Waals surface area contributed by atoms with Crippen molar-refractivity contribution in [1.29, 1.82) is 0 Å². The summed E-state index contributed by atoms with van der Waals surface area (Å²) in [6, 6.07) is 13.7. The van der Waals surface area contributed by atoms with Gasteiger partial charge in [-0.1, -0.05) is 25.1 Å². The number of amides is 1. The molecule has 0 saturated heterocycles. The van der Waals surface area contributed by atoms with Crippen molar-refractivity contribution in [3.8, 4) is 11.5 Å². The van der Waals surface area contributed by atoms with Gasteiger partial charge in [0.25, 0.3) is 5.91 Å². The highest BCUT2D eigenvalue weighted by Crippen LogP contribution is 2.32. The van der Waals surface area contributed by atoms with Crippen LogP contribution in [0.1, 0.15) is 28.5 Å². The van der Waals surface area contributed by atoms with Crippen LogP contribution in [-0.2, 0) is 13.0 Å². The van der Waals surface area contributed by atoms with E-state index in [1.54, 1.807) is 6.20 Å². The van der Waals surface area contributed by atoms with Crippen LogP contribution < -0.4 is 20.1 Å². The number of aromatic nitrogens is 2. The Hall–Kier alpha value is -3.61. The van der Waals surface area contributed by atoms with E-state index in [0.717, 1.165) is 17.7 Å². The molecule has 2 N–H and O–H groups in total. The van der Waals surface area contributed by atoms with Crippen molar-refractivity contribution >= 4 is 17.4 Å². The molecule has 1 amide bonds. The van der Waals surface area contributed by atoms with Crippen LogP contribution in [0.3, 0.4) is 0 Å². The molecule has 0 atom stereocenters. The Kier molecular flexibility index (Phi) is 5.05. The maximum atomic E-state index is 12.3. The highest BCUT2D eigenvalue weighted by molar-refractivity contribution is 5.92. The number of rotatable bonds is 6. The molecule has 2 aromatic carbocycles. The molecule has 0 aliphatic carbocycles. The SMILES string of the molecule is CCc1ccc(Nc2cnc(C(=O)NCc3ccc4c(c3)OCO4)cn2)cc1. The van der Waals surface area contributed by atoms with Crippen molar-refractivity contribution in [2.24, 2.45) is 0 Å². The van der Waals surface area contributed by atoms with E-state index in [-0.39, 0.29) is 18.4 Å². The van der Waals surface area contributed by atoms with Gasteiger partial charge in [0.2, 0.25) is 6.79 Å². The minimum atomic E-state index is -0.288. The Labute approximate surface area is 162 Å². The molecule has 28 heavy (non-hydrogen) atoms. The van der Waals surface area contributed by atoms with E-state index in [9.17, 15) is 4.79 Å². The van der Waals surface area contributed by atoms with Gasteiger partial charge in [-0.25, -0.2) is 9.97 Å². The molecular formula is C21H20N4O3. The van der Waals surface area contributed by atoms with Crippen LogP contribution in [0.25, 0.3) is 0 Å². The summed E-state index contributed by atoms with van der Waals surface area (Å²) in [5.41, 5.74) is 3.37. The summed E-state index contributed by atoms with van der Waals surface area (Å²) in [6.07, 6.45) is 4.00. The minimum Gasteiger partial charge on any atom is -0.454 e. The Morgan fingerprint density at radius 3 is 2.54 bits per heavy atom. The fourth-order valence-electron chi connectivity index (χ4n) is 2.81. The van der Waals surface area contributed by atoms with Gasteiger partial charge >= 0.3 is 0 Å². The van der Waals surface area contributed by atoms with Gasteiger partial charge < -0.3 is 20.1 Å². The summed E-state index contributed by atoms with van der Waals surface area (Å²) in [4.78, 5) is 20.8. The molecule has 2 heterocycles. The van der Waals surface area contributed by atoms with E-state index in [0.29, 0.717) is 23.9 Å². The van der Waals surface area contributed by atoms with Crippen LogP contribution in [0, 0.1) is 0 Å². The molecule has 0 fully saturated rings. The first-order chi connectivity index (χ1) is 13.7. The monoisotopic (exact) mass is 376 g/mol. The number of hydrogen-bond donors (Lipinski definition) is 2. The lowest BCUT2D eigenvalue weighted by Gasteiger charge is -2.08. The van der Waals surface area contributed by atoms with Gasteiger partial charge in [-0.15, -0.1) is 0 Å². The molecule has 3 aromatic rings. The third-order valence-corrected chi connectivity index (χ3v) is 4.41. The highest BCUT2D eigenvalue weighted by Gasteiger charge is 2.14. The van der Waals surface area contributed by atoms with Gasteiger partial charge in [-0.05, 0) is 41.8 Å². The zero-order chi connectivity index (χ0) is 19.3. The Balaban J connectivity index is 1.34. The second kappa shape index (κ2) is 7.96. The number of carbonyl (C=O) groups excluding carboxylic acids is 1. The average Bonchev–Trinajstić information content (AvgIpc) is 3.21. The fourth-order valence-corrected chi connectivity index (χ4v) is 2.81. The van der Waals surface area contributed by atoms with Crippen LogP contribution in [0.2, 0.25) is 0 Å². The Bertz CT molecular complexity index is 972. The normalized spacial score (nSPS) is 11.9. The number of carbonyl (C=O) groups is 1. The summed E-state index contributed by atoms with van der Waals surface area (Å²) in [5.74, 6) is 1.70. The topological polar surface area (TPSA) is 85.4 Å². The lowest BCUT2D eigenvalue weighted by molar-refractivity contribution is 0.0945. The second-order valence-corrected chi connectivity index (χ2v) is 6.33. The van der Waals surface area contributed by atoms with Gasteiger partial charge in [-0.3, -0.25) is 4.79 Å². The molecule has 0 radical (unpaired) electrons. The third kappa shape index (κ3) is 4.03. The smallest absolute Gasteiger partial charge is 0.271 e. The molecule has 7 heteroatoms. The van der Waals surface area contributed by atoms with E-state index >= 15 is 0 Å². The van der Waals surface area contributed by atoms with E-state index in [2.05, 4.69) is 39.7 Å². The standard InChI is InChI=1S/C21H20N4O3/c1-2-14-3-6-16(7-4-14)25-20-12-22-17(11-23-20)21(26)24-10-15-5-8-18-19(9-15)28-13-27-18/h3-9,11-12H,2,10,13H2,1H3,(H,23,25)(H,24,26). The molecule has 142 valence electrons. The van der Waals surface area contributed by atoms with Crippen molar-refractivity contribution < 1.29 is 14.3 Å². The zero-order valence-corrected chi connectivity index (χ0v) is 15.4. The highest BCUT2D eigenvalue weighted by atomic mass is 16.7. The quantitative estimate of drug-likeness (QED) is 0.685. The van der Waals surface area contributed by atoms with Crippen molar-refractivity contribution in [3.05, 3.63) is 71.7 Å². The van der Waals surface area contributed by atoms with Crippen LogP contribution in [0.4, 0.5) is 11.5 Å². The van der Waals surface area contributed by atoms with E-state index in [1.165, 1.54) is 11.8 Å². The fraction of sp³-hybridized carbons (Fsp3) is 0.190. The largest absolute Gasteiger partial charge is 0.454 e.